The Bertz CT molecular complexity index is 200. The highest BCUT2D eigenvalue weighted by Crippen LogP contribution is 2.26. The Balaban J connectivity index is 2.38. The Labute approximate surface area is 74.9 Å². The molecular weight excluding hydrogens is 148 g/mol. The molecule has 1 nitrogen and oxygen atoms in total. The van der Waals surface area contributed by atoms with E-state index in [1.54, 1.807) is 0 Å². The molecule has 0 aromatic carbocycles. The molecule has 1 aliphatic carbocycles. The Morgan fingerprint density at radius 2 is 2.00 bits per heavy atom. The molecule has 1 heteroatoms. The van der Waals surface area contributed by atoms with Crippen molar-refractivity contribution in [3.05, 3.63) is 11.6 Å². The fourth-order valence-electron chi connectivity index (χ4n) is 1.33. The van der Waals surface area contributed by atoms with E-state index in [0.29, 0.717) is 12.2 Å². The van der Waals surface area contributed by atoms with Crippen LogP contribution in [0.1, 0.15) is 46.5 Å². The number of ketones is 1. The number of allylic oxidation sites excluding steroid dienone is 2. The zero-order valence-electron chi connectivity index (χ0n) is 8.31. The minimum absolute atomic E-state index is 0.137. The normalized spacial score (nSPS) is 17.1. The molecule has 0 heterocycles. The maximum absolute atomic E-state index is 11.4. The van der Waals surface area contributed by atoms with Crippen LogP contribution >= 0.6 is 0 Å². The van der Waals surface area contributed by atoms with Crippen molar-refractivity contribution >= 4 is 5.78 Å². The molecule has 0 atom stereocenters. The molecule has 68 valence electrons. The Morgan fingerprint density at radius 3 is 2.33 bits per heavy atom. The van der Waals surface area contributed by atoms with Crippen molar-refractivity contribution in [2.75, 3.05) is 0 Å². The molecule has 0 bridgehead atoms. The smallest absolute Gasteiger partial charge is 0.156 e. The van der Waals surface area contributed by atoms with E-state index >= 15 is 0 Å². The highest BCUT2D eigenvalue weighted by molar-refractivity contribution is 5.90. The molecule has 0 aromatic rings. The summed E-state index contributed by atoms with van der Waals surface area (Å²) in [5.74, 6) is 0.303. The van der Waals surface area contributed by atoms with Gasteiger partial charge < -0.3 is 0 Å². The molecule has 0 saturated heterocycles. The molecule has 1 aliphatic rings. The molecule has 0 aromatic heterocycles. The lowest BCUT2D eigenvalue weighted by Gasteiger charge is -2.18. The first-order valence-corrected chi connectivity index (χ1v) is 4.70. The van der Waals surface area contributed by atoms with E-state index in [4.69, 9.17) is 0 Å². The van der Waals surface area contributed by atoms with Crippen LogP contribution in [0.2, 0.25) is 0 Å². The van der Waals surface area contributed by atoms with Gasteiger partial charge in [0.1, 0.15) is 0 Å². The van der Waals surface area contributed by atoms with E-state index in [0.717, 1.165) is 12.8 Å². The van der Waals surface area contributed by atoms with Crippen molar-refractivity contribution in [2.45, 2.75) is 46.5 Å². The summed E-state index contributed by atoms with van der Waals surface area (Å²) in [6.45, 7) is 6.30. The van der Waals surface area contributed by atoms with Crippen molar-refractivity contribution < 1.29 is 4.79 Å². The molecule has 0 unspecified atom stereocenters. The van der Waals surface area contributed by atoms with Gasteiger partial charge in [-0.15, -0.1) is 0 Å². The molecule has 0 spiro atoms. The minimum atomic E-state index is 0.137. The maximum atomic E-state index is 11.4. The predicted molar refractivity (Wildman–Crippen MR) is 51.0 cm³/mol. The summed E-state index contributed by atoms with van der Waals surface area (Å²) in [5, 5.41) is 0. The molecular formula is C11H18O. The highest BCUT2D eigenvalue weighted by atomic mass is 16.1. The Hall–Kier alpha value is -0.590. The van der Waals surface area contributed by atoms with E-state index in [1.165, 1.54) is 12.0 Å². The van der Waals surface area contributed by atoms with Gasteiger partial charge in [-0.2, -0.15) is 0 Å². The van der Waals surface area contributed by atoms with Gasteiger partial charge in [-0.1, -0.05) is 26.3 Å². The van der Waals surface area contributed by atoms with Crippen LogP contribution in [-0.2, 0) is 4.79 Å². The van der Waals surface area contributed by atoms with Gasteiger partial charge >= 0.3 is 0 Å². The van der Waals surface area contributed by atoms with Gasteiger partial charge in [0.05, 0.1) is 0 Å². The minimum Gasteiger partial charge on any atom is -0.295 e. The topological polar surface area (TPSA) is 17.1 Å². The van der Waals surface area contributed by atoms with Crippen LogP contribution in [0.4, 0.5) is 0 Å². The second kappa shape index (κ2) is 3.42. The Morgan fingerprint density at radius 1 is 1.42 bits per heavy atom. The monoisotopic (exact) mass is 166 g/mol. The summed E-state index contributed by atoms with van der Waals surface area (Å²) in [6.07, 6.45) is 6.10. The van der Waals surface area contributed by atoms with E-state index in [1.807, 2.05) is 6.08 Å². The third kappa shape index (κ3) is 3.21. The van der Waals surface area contributed by atoms with Crippen molar-refractivity contribution in [3.8, 4) is 0 Å². The van der Waals surface area contributed by atoms with Gasteiger partial charge in [-0.05, 0) is 30.8 Å². The van der Waals surface area contributed by atoms with Crippen LogP contribution in [0.5, 0.6) is 0 Å². The standard InChI is InChI=1S/C11H18O/c1-11(2,3)8-10(12)7-9-5-4-6-9/h7H,4-6,8H2,1-3H3. The van der Waals surface area contributed by atoms with Gasteiger partial charge in [0.15, 0.2) is 5.78 Å². The number of hydrogen-bond donors (Lipinski definition) is 0. The summed E-state index contributed by atoms with van der Waals surface area (Å²) in [5.41, 5.74) is 1.49. The van der Waals surface area contributed by atoms with Crippen LogP contribution < -0.4 is 0 Å². The average Bonchev–Trinajstić information content (AvgIpc) is 1.74. The van der Waals surface area contributed by atoms with E-state index in [2.05, 4.69) is 20.8 Å². The van der Waals surface area contributed by atoms with E-state index in [9.17, 15) is 4.79 Å². The van der Waals surface area contributed by atoms with Crippen molar-refractivity contribution in [1.29, 1.82) is 0 Å². The fourth-order valence-corrected chi connectivity index (χ4v) is 1.33. The summed E-state index contributed by atoms with van der Waals surface area (Å²) < 4.78 is 0. The molecule has 0 radical (unpaired) electrons. The van der Waals surface area contributed by atoms with Gasteiger partial charge in [0, 0.05) is 6.42 Å². The van der Waals surface area contributed by atoms with Crippen molar-refractivity contribution in [3.63, 3.8) is 0 Å². The molecule has 0 aliphatic heterocycles. The predicted octanol–water partition coefficient (Wildman–Crippen LogP) is 3.10. The zero-order chi connectivity index (χ0) is 9.19. The van der Waals surface area contributed by atoms with Crippen LogP contribution in [0.25, 0.3) is 0 Å². The molecule has 0 N–H and O–H groups in total. The van der Waals surface area contributed by atoms with Crippen LogP contribution in [0.3, 0.4) is 0 Å². The maximum Gasteiger partial charge on any atom is 0.156 e. The molecule has 12 heavy (non-hydrogen) atoms. The Kier molecular flexibility index (Phi) is 2.71. The number of carbonyl (C=O) groups is 1. The molecule has 0 amide bonds. The SMILES string of the molecule is CC(C)(C)CC(=O)C=C1CCC1. The second-order valence-electron chi connectivity index (χ2n) is 4.86. The molecule has 1 fully saturated rings. The average molecular weight is 166 g/mol. The summed E-state index contributed by atoms with van der Waals surface area (Å²) >= 11 is 0. The largest absolute Gasteiger partial charge is 0.295 e. The van der Waals surface area contributed by atoms with Crippen molar-refractivity contribution in [2.24, 2.45) is 5.41 Å². The van der Waals surface area contributed by atoms with Crippen LogP contribution in [0, 0.1) is 5.41 Å². The summed E-state index contributed by atoms with van der Waals surface area (Å²) in [6, 6.07) is 0. The van der Waals surface area contributed by atoms with Crippen LogP contribution in [-0.4, -0.2) is 5.78 Å². The zero-order valence-corrected chi connectivity index (χ0v) is 8.31. The molecule has 1 saturated carbocycles. The summed E-state index contributed by atoms with van der Waals surface area (Å²) in [7, 11) is 0. The number of hydrogen-bond acceptors (Lipinski definition) is 1. The highest BCUT2D eigenvalue weighted by Gasteiger charge is 2.16. The second-order valence-corrected chi connectivity index (χ2v) is 4.86. The number of rotatable bonds is 2. The van der Waals surface area contributed by atoms with Crippen molar-refractivity contribution in [1.82, 2.24) is 0 Å². The van der Waals surface area contributed by atoms with Crippen LogP contribution in [0.15, 0.2) is 11.6 Å². The van der Waals surface area contributed by atoms with Gasteiger partial charge in [0.2, 0.25) is 0 Å². The molecule has 1 rings (SSSR count). The third-order valence-corrected chi connectivity index (χ3v) is 2.07. The first kappa shape index (κ1) is 9.50. The van der Waals surface area contributed by atoms with E-state index in [-0.39, 0.29) is 5.41 Å². The quantitative estimate of drug-likeness (QED) is 0.576. The fraction of sp³-hybridized carbons (Fsp3) is 0.727. The third-order valence-electron chi connectivity index (χ3n) is 2.07. The lowest BCUT2D eigenvalue weighted by atomic mass is 9.86. The van der Waals surface area contributed by atoms with E-state index < -0.39 is 0 Å². The van der Waals surface area contributed by atoms with Gasteiger partial charge in [-0.3, -0.25) is 4.79 Å². The first-order chi connectivity index (χ1) is 5.47. The lowest BCUT2D eigenvalue weighted by Crippen LogP contribution is -2.12. The first-order valence-electron chi connectivity index (χ1n) is 4.70. The number of carbonyl (C=O) groups excluding carboxylic acids is 1. The van der Waals surface area contributed by atoms with Gasteiger partial charge in [-0.25, -0.2) is 0 Å². The van der Waals surface area contributed by atoms with Gasteiger partial charge in [0.25, 0.3) is 0 Å². The summed E-state index contributed by atoms with van der Waals surface area (Å²) in [4.78, 5) is 11.4. The lowest BCUT2D eigenvalue weighted by molar-refractivity contribution is -0.116.